The van der Waals surface area contributed by atoms with Crippen LogP contribution in [-0.4, -0.2) is 45.9 Å². The molecule has 0 saturated carbocycles. The van der Waals surface area contributed by atoms with Gasteiger partial charge in [0.15, 0.2) is 5.78 Å². The lowest BCUT2D eigenvalue weighted by Gasteiger charge is -2.20. The van der Waals surface area contributed by atoms with Gasteiger partial charge in [-0.2, -0.15) is 0 Å². The minimum absolute atomic E-state index is 0.109. The van der Waals surface area contributed by atoms with Crippen LogP contribution in [0.2, 0.25) is 0 Å². The third kappa shape index (κ3) is 6.06. The maximum absolute atomic E-state index is 13.1. The van der Waals surface area contributed by atoms with Crippen LogP contribution in [0.3, 0.4) is 0 Å². The van der Waals surface area contributed by atoms with E-state index in [1.165, 1.54) is 24.3 Å². The Morgan fingerprint density at radius 2 is 1.72 bits per heavy atom. The zero-order valence-electron chi connectivity index (χ0n) is 16.5. The van der Waals surface area contributed by atoms with E-state index in [-0.39, 0.29) is 17.9 Å². The fraction of sp³-hybridized carbons (Fsp3) is 0.350. The Kier molecular flexibility index (Phi) is 6.63. The normalized spacial score (nSPS) is 11.1. The van der Waals surface area contributed by atoms with E-state index in [9.17, 15) is 23.6 Å². The number of esters is 1. The number of hydrogen-bond donors (Lipinski definition) is 0. The summed E-state index contributed by atoms with van der Waals surface area (Å²) in [5.74, 6) is -3.16. The van der Waals surface area contributed by atoms with Crippen molar-refractivity contribution in [2.45, 2.75) is 39.2 Å². The van der Waals surface area contributed by atoms with Crippen LogP contribution < -0.4 is 0 Å². The van der Waals surface area contributed by atoms with Crippen LogP contribution in [0.25, 0.3) is 0 Å². The highest BCUT2D eigenvalue weighted by Gasteiger charge is 2.26. The molecular formula is C20H21FN2O6. The van der Waals surface area contributed by atoms with Crippen LogP contribution in [0.4, 0.5) is 9.18 Å². The monoisotopic (exact) mass is 404 g/mol. The molecule has 154 valence electrons. The maximum Gasteiger partial charge on any atom is 0.420 e. The van der Waals surface area contributed by atoms with Crippen LogP contribution in [-0.2, 0) is 25.5 Å². The topological polar surface area (TPSA) is 105 Å². The lowest BCUT2D eigenvalue weighted by atomic mass is 10.1. The molecular weight excluding hydrogens is 383 g/mol. The Morgan fingerprint density at radius 3 is 2.28 bits per heavy atom. The van der Waals surface area contributed by atoms with E-state index in [0.717, 1.165) is 17.9 Å². The van der Waals surface area contributed by atoms with Gasteiger partial charge in [0.1, 0.15) is 22.9 Å². The predicted molar refractivity (Wildman–Crippen MR) is 99.0 cm³/mol. The second kappa shape index (κ2) is 8.76. The van der Waals surface area contributed by atoms with Gasteiger partial charge in [0.05, 0.1) is 13.5 Å². The molecule has 0 aliphatic carbocycles. The van der Waals surface area contributed by atoms with Crippen molar-refractivity contribution >= 4 is 23.6 Å². The molecule has 0 fully saturated rings. The minimum Gasteiger partial charge on any atom is -0.463 e. The van der Waals surface area contributed by atoms with Crippen LogP contribution in [0.1, 0.15) is 49.1 Å². The molecule has 0 bridgehead atoms. The molecule has 1 aromatic carbocycles. The summed E-state index contributed by atoms with van der Waals surface area (Å²) in [5.41, 5.74) is -0.323. The van der Waals surface area contributed by atoms with Crippen molar-refractivity contribution < 1.29 is 33.0 Å². The Morgan fingerprint density at radius 1 is 1.10 bits per heavy atom. The number of ketones is 2. The van der Waals surface area contributed by atoms with E-state index >= 15 is 0 Å². The SMILES string of the molecule is COC(=O)C(=O)CC(=O)c1cn(C(=O)OC(C)(C)C)c(Cc2ccc(F)cc2)n1. The molecule has 0 unspecified atom stereocenters. The van der Waals surface area contributed by atoms with Crippen LogP contribution >= 0.6 is 0 Å². The first-order chi connectivity index (χ1) is 13.5. The zero-order chi connectivity index (χ0) is 21.8. The van der Waals surface area contributed by atoms with Gasteiger partial charge in [-0.15, -0.1) is 0 Å². The molecule has 0 aliphatic rings. The molecule has 8 nitrogen and oxygen atoms in total. The number of carbonyl (C=O) groups is 4. The van der Waals surface area contributed by atoms with Gasteiger partial charge >= 0.3 is 12.1 Å². The molecule has 2 rings (SSSR count). The second-order valence-electron chi connectivity index (χ2n) is 7.21. The molecule has 0 N–H and O–H groups in total. The Labute approximate surface area is 166 Å². The van der Waals surface area contributed by atoms with Gasteiger partial charge < -0.3 is 9.47 Å². The second-order valence-corrected chi connectivity index (χ2v) is 7.21. The number of aromatic nitrogens is 2. The maximum atomic E-state index is 13.1. The van der Waals surface area contributed by atoms with E-state index < -0.39 is 41.5 Å². The van der Waals surface area contributed by atoms with Gasteiger partial charge in [0.2, 0.25) is 5.78 Å². The van der Waals surface area contributed by atoms with Gasteiger partial charge in [0.25, 0.3) is 0 Å². The number of halogens is 1. The Bertz CT molecular complexity index is 941. The summed E-state index contributed by atoms with van der Waals surface area (Å²) in [6, 6.07) is 5.56. The van der Waals surface area contributed by atoms with E-state index in [0.29, 0.717) is 5.56 Å². The summed E-state index contributed by atoms with van der Waals surface area (Å²) in [6.07, 6.45) is -0.244. The van der Waals surface area contributed by atoms with Crippen molar-refractivity contribution in [3.63, 3.8) is 0 Å². The first kappa shape index (κ1) is 21.9. The molecule has 0 aliphatic heterocycles. The summed E-state index contributed by atoms with van der Waals surface area (Å²) < 4.78 is 23.8. The lowest BCUT2D eigenvalue weighted by Crippen LogP contribution is -2.28. The van der Waals surface area contributed by atoms with Crippen LogP contribution in [0, 0.1) is 5.82 Å². The van der Waals surface area contributed by atoms with Crippen molar-refractivity contribution in [1.82, 2.24) is 9.55 Å². The fourth-order valence-corrected chi connectivity index (χ4v) is 2.35. The third-order valence-electron chi connectivity index (χ3n) is 3.66. The zero-order valence-corrected chi connectivity index (χ0v) is 16.5. The van der Waals surface area contributed by atoms with Crippen LogP contribution in [0.15, 0.2) is 30.5 Å². The highest BCUT2D eigenvalue weighted by molar-refractivity contribution is 6.38. The molecule has 0 saturated heterocycles. The van der Waals surface area contributed by atoms with E-state index in [2.05, 4.69) is 9.72 Å². The molecule has 2 aromatic rings. The van der Waals surface area contributed by atoms with Gasteiger partial charge in [-0.3, -0.25) is 9.59 Å². The largest absolute Gasteiger partial charge is 0.463 e. The lowest BCUT2D eigenvalue weighted by molar-refractivity contribution is -0.151. The molecule has 0 atom stereocenters. The molecule has 9 heteroatoms. The summed E-state index contributed by atoms with van der Waals surface area (Å²) in [5, 5.41) is 0. The number of rotatable bonds is 6. The van der Waals surface area contributed by atoms with Crippen molar-refractivity contribution in [3.05, 3.63) is 53.4 Å². The highest BCUT2D eigenvalue weighted by atomic mass is 19.1. The number of benzene rings is 1. The smallest absolute Gasteiger partial charge is 0.420 e. The molecule has 0 amide bonds. The van der Waals surface area contributed by atoms with E-state index in [4.69, 9.17) is 4.74 Å². The summed E-state index contributed by atoms with van der Waals surface area (Å²) in [6.45, 7) is 5.05. The predicted octanol–water partition coefficient (Wildman–Crippen LogP) is 2.71. The Balaban J connectivity index is 2.35. The average Bonchev–Trinajstić information content (AvgIpc) is 3.05. The van der Waals surface area contributed by atoms with Crippen molar-refractivity contribution in [1.29, 1.82) is 0 Å². The van der Waals surface area contributed by atoms with Gasteiger partial charge in [-0.1, -0.05) is 12.1 Å². The summed E-state index contributed by atoms with van der Waals surface area (Å²) in [4.78, 5) is 51.9. The number of ether oxygens (including phenoxy) is 2. The fourth-order valence-electron chi connectivity index (χ4n) is 2.35. The quantitative estimate of drug-likeness (QED) is 0.315. The number of carbonyl (C=O) groups excluding carboxylic acids is 4. The molecule has 0 spiro atoms. The highest BCUT2D eigenvalue weighted by Crippen LogP contribution is 2.16. The number of imidazole rings is 1. The standard InChI is InChI=1S/C20H21FN2O6/c1-20(2,3)29-19(27)23-11-14(15(24)10-16(25)18(26)28-4)22-17(23)9-12-5-7-13(21)8-6-12/h5-8,11H,9-10H2,1-4H3. The van der Waals surface area contributed by atoms with E-state index in [1.54, 1.807) is 20.8 Å². The van der Waals surface area contributed by atoms with Gasteiger partial charge in [-0.05, 0) is 38.5 Å². The van der Waals surface area contributed by atoms with Crippen LogP contribution in [0.5, 0.6) is 0 Å². The molecule has 1 heterocycles. The van der Waals surface area contributed by atoms with E-state index in [1.807, 2.05) is 0 Å². The molecule has 29 heavy (non-hydrogen) atoms. The van der Waals surface area contributed by atoms with Crippen molar-refractivity contribution in [3.8, 4) is 0 Å². The minimum atomic E-state index is -1.14. The number of methoxy groups -OCH3 is 1. The van der Waals surface area contributed by atoms with Gasteiger partial charge in [-0.25, -0.2) is 23.5 Å². The summed E-state index contributed by atoms with van der Waals surface area (Å²) in [7, 11) is 1.03. The first-order valence-corrected chi connectivity index (χ1v) is 8.70. The summed E-state index contributed by atoms with van der Waals surface area (Å²) >= 11 is 0. The molecule has 0 radical (unpaired) electrons. The van der Waals surface area contributed by atoms with Crippen molar-refractivity contribution in [2.75, 3.05) is 7.11 Å². The number of Topliss-reactive ketones (excluding diaryl/α,β-unsaturated/α-hetero) is 2. The van der Waals surface area contributed by atoms with Crippen molar-refractivity contribution in [2.24, 2.45) is 0 Å². The number of nitrogens with zero attached hydrogens (tertiary/aromatic N) is 2. The Hall–Kier alpha value is -3.36. The third-order valence-corrected chi connectivity index (χ3v) is 3.66. The first-order valence-electron chi connectivity index (χ1n) is 8.70. The molecule has 1 aromatic heterocycles. The van der Waals surface area contributed by atoms with Gasteiger partial charge in [0, 0.05) is 12.6 Å². The average molecular weight is 404 g/mol. The number of hydrogen-bond acceptors (Lipinski definition) is 7.